The molecular weight excluding hydrogens is 524 g/mol. The van der Waals surface area contributed by atoms with E-state index in [1.807, 2.05) is 53.7 Å². The maximum absolute atomic E-state index is 13.1. The second kappa shape index (κ2) is 14.2. The predicted molar refractivity (Wildman–Crippen MR) is 151 cm³/mol. The van der Waals surface area contributed by atoms with Crippen molar-refractivity contribution in [3.63, 3.8) is 0 Å². The van der Waals surface area contributed by atoms with Gasteiger partial charge in [-0.2, -0.15) is 0 Å². The van der Waals surface area contributed by atoms with Crippen molar-refractivity contribution in [3.8, 4) is 0 Å². The number of carboxylic acids is 2. The summed E-state index contributed by atoms with van der Waals surface area (Å²) in [5.41, 5.74) is 2.51. The molecule has 2 atom stereocenters. The zero-order chi connectivity index (χ0) is 28.6. The molecule has 0 aromatic heterocycles. The average Bonchev–Trinajstić information content (AvgIpc) is 2.81. The summed E-state index contributed by atoms with van der Waals surface area (Å²) in [6.45, 7) is 11.3. The van der Waals surface area contributed by atoms with Gasteiger partial charge in [-0.15, -0.1) is 0 Å². The van der Waals surface area contributed by atoms with Gasteiger partial charge in [0, 0.05) is 9.79 Å². The highest BCUT2D eigenvalue weighted by atomic mass is 33.1. The van der Waals surface area contributed by atoms with Crippen molar-refractivity contribution in [1.29, 1.82) is 0 Å². The minimum absolute atomic E-state index is 0.0889. The maximum atomic E-state index is 13.1. The first-order chi connectivity index (χ1) is 17.8. The van der Waals surface area contributed by atoms with Crippen LogP contribution in [0.25, 0.3) is 0 Å². The highest BCUT2D eigenvalue weighted by Crippen LogP contribution is 2.41. The Labute approximate surface area is 231 Å². The summed E-state index contributed by atoms with van der Waals surface area (Å²) in [6.07, 6.45) is 0.611. The van der Waals surface area contributed by atoms with Gasteiger partial charge in [0.1, 0.15) is 12.1 Å². The lowest BCUT2D eigenvalue weighted by atomic mass is 10.0. The number of aliphatic carboxylic acids is 2. The molecule has 10 heteroatoms. The van der Waals surface area contributed by atoms with Crippen molar-refractivity contribution in [3.05, 3.63) is 58.7 Å². The standard InChI is InChI=1S/C28H36N2O6S2/c1-15(2)11-21(27(33)34)29-25(31)19-9-7-17(5)13-23(19)37-38-24-14-18(6)8-10-20(24)26(32)30-22(28(35)36)12-16(3)4/h7-10,13-16,21-22H,11-12H2,1-6H3,(H,29,31)(H,30,32)(H,33,34)(H,35,36)/t21-,22+. The fourth-order valence-electron chi connectivity index (χ4n) is 3.72. The van der Waals surface area contributed by atoms with Gasteiger partial charge in [-0.05, 0) is 73.9 Å². The molecule has 0 radical (unpaired) electrons. The van der Waals surface area contributed by atoms with Gasteiger partial charge in [0.25, 0.3) is 11.8 Å². The van der Waals surface area contributed by atoms with Crippen LogP contribution in [-0.2, 0) is 9.59 Å². The van der Waals surface area contributed by atoms with E-state index in [0.717, 1.165) is 11.1 Å². The average molecular weight is 561 g/mol. The highest BCUT2D eigenvalue weighted by Gasteiger charge is 2.25. The molecule has 8 nitrogen and oxygen atoms in total. The van der Waals surface area contributed by atoms with Crippen LogP contribution in [0, 0.1) is 25.7 Å². The maximum Gasteiger partial charge on any atom is 0.326 e. The van der Waals surface area contributed by atoms with Crippen LogP contribution < -0.4 is 10.6 Å². The number of nitrogens with one attached hydrogen (secondary N) is 2. The first kappa shape index (κ1) is 31.2. The second-order valence-electron chi connectivity index (χ2n) is 10.2. The van der Waals surface area contributed by atoms with Crippen molar-refractivity contribution >= 4 is 45.3 Å². The first-order valence-electron chi connectivity index (χ1n) is 12.4. The molecule has 38 heavy (non-hydrogen) atoms. The zero-order valence-electron chi connectivity index (χ0n) is 22.5. The van der Waals surface area contributed by atoms with E-state index in [4.69, 9.17) is 0 Å². The monoisotopic (exact) mass is 560 g/mol. The van der Waals surface area contributed by atoms with Crippen LogP contribution in [0.5, 0.6) is 0 Å². The molecule has 0 saturated carbocycles. The summed E-state index contributed by atoms with van der Waals surface area (Å²) >= 11 is 0. The largest absolute Gasteiger partial charge is 0.480 e. The van der Waals surface area contributed by atoms with Gasteiger partial charge in [0.2, 0.25) is 0 Å². The van der Waals surface area contributed by atoms with Gasteiger partial charge in [0.15, 0.2) is 0 Å². The number of amides is 2. The van der Waals surface area contributed by atoms with Crippen LogP contribution in [0.4, 0.5) is 0 Å². The Morgan fingerprint density at radius 3 is 1.32 bits per heavy atom. The van der Waals surface area contributed by atoms with Crippen LogP contribution in [0.2, 0.25) is 0 Å². The Hall–Kier alpha value is -2.98. The van der Waals surface area contributed by atoms with Crippen molar-refractivity contribution in [2.24, 2.45) is 11.8 Å². The number of carbonyl (C=O) groups is 4. The molecule has 0 aliphatic carbocycles. The highest BCUT2D eigenvalue weighted by molar-refractivity contribution is 8.76. The third kappa shape index (κ3) is 9.40. The molecule has 2 rings (SSSR count). The van der Waals surface area contributed by atoms with Gasteiger partial charge in [0.05, 0.1) is 11.1 Å². The zero-order valence-corrected chi connectivity index (χ0v) is 24.2. The van der Waals surface area contributed by atoms with Gasteiger partial charge in [-0.3, -0.25) is 9.59 Å². The number of rotatable bonds is 13. The fourth-order valence-corrected chi connectivity index (χ4v) is 6.23. The Kier molecular flexibility index (Phi) is 11.7. The molecule has 0 aliphatic heterocycles. The Morgan fingerprint density at radius 2 is 1.03 bits per heavy atom. The lowest BCUT2D eigenvalue weighted by Gasteiger charge is -2.19. The van der Waals surface area contributed by atoms with Gasteiger partial charge >= 0.3 is 11.9 Å². The molecule has 0 spiro atoms. The number of aryl methyl sites for hydroxylation is 2. The summed E-state index contributed by atoms with van der Waals surface area (Å²) in [5, 5.41) is 24.3. The molecule has 2 amide bonds. The molecule has 206 valence electrons. The molecule has 0 fully saturated rings. The normalized spacial score (nSPS) is 12.7. The molecule has 2 aromatic rings. The summed E-state index contributed by atoms with van der Waals surface area (Å²) in [6, 6.07) is 8.56. The molecule has 2 aromatic carbocycles. The second-order valence-corrected chi connectivity index (χ2v) is 12.4. The van der Waals surface area contributed by atoms with E-state index in [9.17, 15) is 29.4 Å². The Bertz CT molecular complexity index is 1090. The minimum atomic E-state index is -1.09. The molecular formula is C28H36N2O6S2. The van der Waals surface area contributed by atoms with E-state index < -0.39 is 35.8 Å². The van der Waals surface area contributed by atoms with Crippen molar-refractivity contribution in [2.75, 3.05) is 0 Å². The van der Waals surface area contributed by atoms with Crippen LogP contribution in [0.1, 0.15) is 72.4 Å². The van der Waals surface area contributed by atoms with E-state index >= 15 is 0 Å². The van der Waals surface area contributed by atoms with E-state index in [2.05, 4.69) is 10.6 Å². The number of hydrogen-bond donors (Lipinski definition) is 4. The summed E-state index contributed by atoms with van der Waals surface area (Å²) < 4.78 is 0. The van der Waals surface area contributed by atoms with Crippen molar-refractivity contribution in [2.45, 2.75) is 76.3 Å². The number of carbonyl (C=O) groups excluding carboxylic acids is 2. The predicted octanol–water partition coefficient (Wildman–Crippen LogP) is 5.56. The molecule has 0 aliphatic rings. The lowest BCUT2D eigenvalue weighted by molar-refractivity contribution is -0.140. The molecule has 0 unspecified atom stereocenters. The molecule has 0 bridgehead atoms. The molecule has 0 heterocycles. The van der Waals surface area contributed by atoms with E-state index in [1.165, 1.54) is 21.6 Å². The summed E-state index contributed by atoms with van der Waals surface area (Å²) in [4.78, 5) is 50.7. The van der Waals surface area contributed by atoms with Crippen molar-refractivity contribution < 1.29 is 29.4 Å². The summed E-state index contributed by atoms with van der Waals surface area (Å²) in [7, 11) is 2.56. The van der Waals surface area contributed by atoms with Crippen LogP contribution in [-0.4, -0.2) is 46.0 Å². The van der Waals surface area contributed by atoms with Gasteiger partial charge in [-0.25, -0.2) is 9.59 Å². The van der Waals surface area contributed by atoms with E-state index in [-0.39, 0.29) is 11.8 Å². The Balaban J connectivity index is 2.30. The van der Waals surface area contributed by atoms with Crippen LogP contribution in [0.15, 0.2) is 46.2 Å². The van der Waals surface area contributed by atoms with E-state index in [0.29, 0.717) is 33.8 Å². The SMILES string of the molecule is Cc1ccc(C(=O)N[C@@H](CC(C)C)C(=O)O)c(SSc2cc(C)ccc2C(=O)N[C@H](CC(C)C)C(=O)O)c1. The third-order valence-corrected chi connectivity index (χ3v) is 8.05. The first-order valence-corrected chi connectivity index (χ1v) is 14.6. The third-order valence-electron chi connectivity index (χ3n) is 5.61. The van der Waals surface area contributed by atoms with Gasteiger partial charge in [-0.1, -0.05) is 61.4 Å². The smallest absolute Gasteiger partial charge is 0.326 e. The summed E-state index contributed by atoms with van der Waals surface area (Å²) in [5.74, 6) is -2.97. The van der Waals surface area contributed by atoms with E-state index in [1.54, 1.807) is 24.3 Å². The number of benzene rings is 2. The minimum Gasteiger partial charge on any atom is -0.480 e. The van der Waals surface area contributed by atoms with Crippen LogP contribution >= 0.6 is 21.6 Å². The fraction of sp³-hybridized carbons (Fsp3) is 0.429. The van der Waals surface area contributed by atoms with Crippen LogP contribution in [0.3, 0.4) is 0 Å². The topological polar surface area (TPSA) is 133 Å². The lowest BCUT2D eigenvalue weighted by Crippen LogP contribution is -2.41. The molecule has 0 saturated heterocycles. The molecule has 4 N–H and O–H groups in total. The quantitative estimate of drug-likeness (QED) is 0.234. The Morgan fingerprint density at radius 1 is 0.684 bits per heavy atom. The van der Waals surface area contributed by atoms with Crippen molar-refractivity contribution in [1.82, 2.24) is 10.6 Å². The van der Waals surface area contributed by atoms with Gasteiger partial charge < -0.3 is 20.8 Å². The number of hydrogen-bond acceptors (Lipinski definition) is 6. The number of carboxylic acid groups (broad SMARTS) is 2.